The van der Waals surface area contributed by atoms with Crippen molar-refractivity contribution in [2.75, 3.05) is 5.32 Å². The summed E-state index contributed by atoms with van der Waals surface area (Å²) in [5.41, 5.74) is 6.50. The topological polar surface area (TPSA) is 98.5 Å². The van der Waals surface area contributed by atoms with E-state index in [1.54, 1.807) is 60.0 Å². The van der Waals surface area contributed by atoms with Crippen LogP contribution in [0, 0.1) is 0 Å². The van der Waals surface area contributed by atoms with E-state index in [1.807, 2.05) is 0 Å². The number of rotatable bonds is 6. The molecule has 2 amide bonds. The molecule has 7 heteroatoms. The van der Waals surface area contributed by atoms with Crippen LogP contribution in [0.15, 0.2) is 72.1 Å². The van der Waals surface area contributed by atoms with Gasteiger partial charge in [0.1, 0.15) is 0 Å². The standard InChI is InChI=1S/C20H16N2O4S/c21-18(23)17(13-6-2-1-3-7-13)26-20(25)14-8-4-9-15(12-14)22-19(24)16-10-5-11-27-16/h1-12,17H,(H2,21,23)(H,22,24)/t17-/m1/s1. The highest BCUT2D eigenvalue weighted by Crippen LogP contribution is 2.20. The van der Waals surface area contributed by atoms with Gasteiger partial charge in [0.15, 0.2) is 0 Å². The molecule has 0 spiro atoms. The van der Waals surface area contributed by atoms with Gasteiger partial charge in [-0.3, -0.25) is 9.59 Å². The van der Waals surface area contributed by atoms with Crippen molar-refractivity contribution in [2.24, 2.45) is 5.73 Å². The average molecular weight is 380 g/mol. The minimum Gasteiger partial charge on any atom is -0.444 e. The van der Waals surface area contributed by atoms with Crippen molar-refractivity contribution in [3.05, 3.63) is 88.1 Å². The van der Waals surface area contributed by atoms with Gasteiger partial charge in [-0.05, 0) is 29.6 Å². The number of ether oxygens (including phenoxy) is 1. The van der Waals surface area contributed by atoms with Crippen LogP contribution in [-0.2, 0) is 9.53 Å². The number of hydrogen-bond acceptors (Lipinski definition) is 5. The fourth-order valence-corrected chi connectivity index (χ4v) is 3.04. The molecule has 136 valence electrons. The molecule has 0 aliphatic rings. The molecule has 0 radical (unpaired) electrons. The quantitative estimate of drug-likeness (QED) is 0.641. The number of benzene rings is 2. The van der Waals surface area contributed by atoms with Gasteiger partial charge in [-0.15, -0.1) is 11.3 Å². The van der Waals surface area contributed by atoms with Crippen LogP contribution in [-0.4, -0.2) is 17.8 Å². The predicted octanol–water partition coefficient (Wildman–Crippen LogP) is 3.38. The van der Waals surface area contributed by atoms with E-state index in [4.69, 9.17) is 10.5 Å². The number of carbonyl (C=O) groups is 3. The molecule has 0 unspecified atom stereocenters. The smallest absolute Gasteiger partial charge is 0.339 e. The van der Waals surface area contributed by atoms with E-state index in [-0.39, 0.29) is 11.5 Å². The second-order valence-corrected chi connectivity index (χ2v) is 6.56. The van der Waals surface area contributed by atoms with E-state index < -0.39 is 18.0 Å². The molecule has 3 aromatic rings. The van der Waals surface area contributed by atoms with E-state index >= 15 is 0 Å². The van der Waals surface area contributed by atoms with Crippen molar-refractivity contribution >= 4 is 34.8 Å². The Morgan fingerprint density at radius 3 is 2.41 bits per heavy atom. The Balaban J connectivity index is 1.74. The molecule has 1 heterocycles. The zero-order valence-electron chi connectivity index (χ0n) is 14.1. The molecule has 1 aromatic heterocycles. The second-order valence-electron chi connectivity index (χ2n) is 5.61. The second kappa shape index (κ2) is 8.29. The minimum atomic E-state index is -1.19. The van der Waals surface area contributed by atoms with Crippen LogP contribution in [0.25, 0.3) is 0 Å². The third-order valence-electron chi connectivity index (χ3n) is 3.69. The summed E-state index contributed by atoms with van der Waals surface area (Å²) in [5, 5.41) is 4.52. The first-order chi connectivity index (χ1) is 13.0. The Bertz CT molecular complexity index is 955. The third kappa shape index (κ3) is 4.59. The van der Waals surface area contributed by atoms with Crippen molar-refractivity contribution in [1.29, 1.82) is 0 Å². The highest BCUT2D eigenvalue weighted by atomic mass is 32.1. The van der Waals surface area contributed by atoms with Crippen molar-refractivity contribution < 1.29 is 19.1 Å². The van der Waals surface area contributed by atoms with Gasteiger partial charge in [0.2, 0.25) is 6.10 Å². The number of primary amides is 1. The largest absolute Gasteiger partial charge is 0.444 e. The maximum atomic E-state index is 12.5. The number of hydrogen-bond donors (Lipinski definition) is 2. The highest BCUT2D eigenvalue weighted by Gasteiger charge is 2.23. The Morgan fingerprint density at radius 2 is 1.74 bits per heavy atom. The number of esters is 1. The summed E-state index contributed by atoms with van der Waals surface area (Å²) < 4.78 is 5.29. The summed E-state index contributed by atoms with van der Waals surface area (Å²) in [5.74, 6) is -1.75. The molecule has 2 aromatic carbocycles. The van der Waals surface area contributed by atoms with Gasteiger partial charge < -0.3 is 15.8 Å². The maximum Gasteiger partial charge on any atom is 0.339 e. The zero-order valence-corrected chi connectivity index (χ0v) is 14.9. The van der Waals surface area contributed by atoms with E-state index in [0.717, 1.165) is 0 Å². The molecule has 6 nitrogen and oxygen atoms in total. The lowest BCUT2D eigenvalue weighted by atomic mass is 10.1. The molecule has 0 saturated heterocycles. The first-order valence-electron chi connectivity index (χ1n) is 8.05. The zero-order chi connectivity index (χ0) is 19.2. The van der Waals surface area contributed by atoms with E-state index in [1.165, 1.54) is 23.5 Å². The van der Waals surface area contributed by atoms with Crippen LogP contribution >= 0.6 is 11.3 Å². The van der Waals surface area contributed by atoms with Crippen LogP contribution in [0.3, 0.4) is 0 Å². The molecule has 0 aliphatic heterocycles. The minimum absolute atomic E-state index is 0.196. The van der Waals surface area contributed by atoms with Gasteiger partial charge in [-0.2, -0.15) is 0 Å². The lowest BCUT2D eigenvalue weighted by molar-refractivity contribution is -0.127. The van der Waals surface area contributed by atoms with E-state index in [0.29, 0.717) is 16.1 Å². The predicted molar refractivity (Wildman–Crippen MR) is 103 cm³/mol. The summed E-state index contributed by atoms with van der Waals surface area (Å²) in [6.07, 6.45) is -1.19. The van der Waals surface area contributed by atoms with Crippen molar-refractivity contribution in [2.45, 2.75) is 6.10 Å². The molecule has 0 fully saturated rings. The van der Waals surface area contributed by atoms with Crippen LogP contribution in [0.1, 0.15) is 31.7 Å². The van der Waals surface area contributed by atoms with Gasteiger partial charge in [0.25, 0.3) is 11.8 Å². The lowest BCUT2D eigenvalue weighted by Gasteiger charge is -2.15. The van der Waals surface area contributed by atoms with Gasteiger partial charge in [-0.25, -0.2) is 4.79 Å². The molecular weight excluding hydrogens is 364 g/mol. The number of nitrogens with two attached hydrogens (primary N) is 1. The van der Waals surface area contributed by atoms with Crippen LogP contribution in [0.5, 0.6) is 0 Å². The SMILES string of the molecule is NC(=O)[C@H](OC(=O)c1cccc(NC(=O)c2cccs2)c1)c1ccccc1. The fourth-order valence-electron chi connectivity index (χ4n) is 2.42. The van der Waals surface area contributed by atoms with Crippen molar-refractivity contribution in [3.8, 4) is 0 Å². The lowest BCUT2D eigenvalue weighted by Crippen LogP contribution is -2.26. The number of amides is 2. The fraction of sp³-hybridized carbons (Fsp3) is 0.0500. The molecule has 0 saturated carbocycles. The third-order valence-corrected chi connectivity index (χ3v) is 4.56. The molecule has 0 aliphatic carbocycles. The van der Waals surface area contributed by atoms with Crippen LogP contribution < -0.4 is 11.1 Å². The van der Waals surface area contributed by atoms with Gasteiger partial charge in [0, 0.05) is 11.3 Å². The van der Waals surface area contributed by atoms with Crippen molar-refractivity contribution in [3.63, 3.8) is 0 Å². The monoisotopic (exact) mass is 380 g/mol. The summed E-state index contributed by atoms with van der Waals surface area (Å²) in [6.45, 7) is 0. The highest BCUT2D eigenvalue weighted by molar-refractivity contribution is 7.12. The first kappa shape index (κ1) is 18.3. The average Bonchev–Trinajstić information content (AvgIpc) is 3.21. The van der Waals surface area contributed by atoms with Gasteiger partial charge in [0.05, 0.1) is 10.4 Å². The number of anilines is 1. The normalized spacial score (nSPS) is 11.4. The van der Waals surface area contributed by atoms with Crippen LogP contribution in [0.2, 0.25) is 0 Å². The molecule has 3 N–H and O–H groups in total. The first-order valence-corrected chi connectivity index (χ1v) is 8.93. The van der Waals surface area contributed by atoms with Crippen molar-refractivity contribution in [1.82, 2.24) is 0 Å². The number of thiophene rings is 1. The summed E-state index contributed by atoms with van der Waals surface area (Å²) in [6, 6.07) is 18.3. The van der Waals surface area contributed by atoms with Gasteiger partial charge >= 0.3 is 5.97 Å². The summed E-state index contributed by atoms with van der Waals surface area (Å²) >= 11 is 1.31. The van der Waals surface area contributed by atoms with E-state index in [9.17, 15) is 14.4 Å². The Morgan fingerprint density at radius 1 is 0.963 bits per heavy atom. The maximum absolute atomic E-state index is 12.5. The molecule has 0 bridgehead atoms. The molecular formula is C20H16N2O4S. The Hall–Kier alpha value is -3.45. The Labute approximate surface area is 159 Å². The molecule has 27 heavy (non-hydrogen) atoms. The summed E-state index contributed by atoms with van der Waals surface area (Å²) in [7, 11) is 0. The van der Waals surface area contributed by atoms with Gasteiger partial charge in [-0.1, -0.05) is 42.5 Å². The number of nitrogens with one attached hydrogen (secondary N) is 1. The van der Waals surface area contributed by atoms with E-state index in [2.05, 4.69) is 5.32 Å². The molecule has 1 atom stereocenters. The number of carbonyl (C=O) groups excluding carboxylic acids is 3. The summed E-state index contributed by atoms with van der Waals surface area (Å²) in [4.78, 5) is 36.8. The Kier molecular flexibility index (Phi) is 5.63. The van der Waals surface area contributed by atoms with Crippen LogP contribution in [0.4, 0.5) is 5.69 Å². The molecule has 3 rings (SSSR count).